The van der Waals surface area contributed by atoms with Gasteiger partial charge in [0.1, 0.15) is 16.8 Å². The maximum Gasteiger partial charge on any atom is 0.339 e. The van der Waals surface area contributed by atoms with Gasteiger partial charge in [-0.1, -0.05) is 11.3 Å². The SMILES string of the molecule is Cn1nnc2cc(C#N)cc(-c3ccc(C(=O)O)c(O)c3)c21. The van der Waals surface area contributed by atoms with E-state index in [1.807, 2.05) is 6.07 Å². The van der Waals surface area contributed by atoms with E-state index in [4.69, 9.17) is 10.4 Å². The Balaban J connectivity index is 2.30. The molecule has 0 fully saturated rings. The fraction of sp³-hybridized carbons (Fsp3) is 0.0667. The Morgan fingerprint density at radius 2 is 2.09 bits per heavy atom. The molecule has 1 aromatic heterocycles. The minimum absolute atomic E-state index is 0.181. The summed E-state index contributed by atoms with van der Waals surface area (Å²) >= 11 is 0. The molecular weight excluding hydrogens is 284 g/mol. The number of aryl methyl sites for hydroxylation is 1. The molecule has 22 heavy (non-hydrogen) atoms. The van der Waals surface area contributed by atoms with E-state index in [2.05, 4.69) is 10.3 Å². The predicted octanol–water partition coefficient (Wildman–Crippen LogP) is 1.91. The third kappa shape index (κ3) is 2.03. The summed E-state index contributed by atoms with van der Waals surface area (Å²) in [6.07, 6.45) is 0. The standard InChI is InChI=1S/C15H10N4O3/c1-19-14-11(4-8(7-16)5-12(14)17-18-19)9-2-3-10(15(21)22)13(20)6-9/h2-6,20H,1H3,(H,21,22). The van der Waals surface area contributed by atoms with Crippen LogP contribution in [0.15, 0.2) is 30.3 Å². The van der Waals surface area contributed by atoms with Gasteiger partial charge >= 0.3 is 5.97 Å². The van der Waals surface area contributed by atoms with Crippen LogP contribution in [0.5, 0.6) is 5.75 Å². The number of aromatic nitrogens is 3. The minimum Gasteiger partial charge on any atom is -0.507 e. The van der Waals surface area contributed by atoms with Gasteiger partial charge in [0.25, 0.3) is 0 Å². The molecule has 0 saturated carbocycles. The number of aromatic carboxylic acids is 1. The molecule has 3 rings (SSSR count). The molecule has 0 unspecified atom stereocenters. The molecule has 7 heteroatoms. The number of aromatic hydroxyl groups is 1. The van der Waals surface area contributed by atoms with Gasteiger partial charge in [-0.25, -0.2) is 9.48 Å². The van der Waals surface area contributed by atoms with Crippen molar-refractivity contribution in [1.82, 2.24) is 15.0 Å². The molecule has 1 heterocycles. The second kappa shape index (κ2) is 4.86. The summed E-state index contributed by atoms with van der Waals surface area (Å²) < 4.78 is 1.56. The lowest BCUT2D eigenvalue weighted by atomic mass is 9.99. The van der Waals surface area contributed by atoms with Gasteiger partial charge in [-0.05, 0) is 29.8 Å². The average molecular weight is 294 g/mol. The monoisotopic (exact) mass is 294 g/mol. The Bertz CT molecular complexity index is 953. The number of hydrogen-bond acceptors (Lipinski definition) is 5. The molecule has 3 aromatic rings. The zero-order valence-electron chi connectivity index (χ0n) is 11.5. The Kier molecular flexibility index (Phi) is 3.00. The van der Waals surface area contributed by atoms with Crippen LogP contribution >= 0.6 is 0 Å². The van der Waals surface area contributed by atoms with Gasteiger partial charge in [-0.15, -0.1) is 5.10 Å². The van der Waals surface area contributed by atoms with E-state index in [9.17, 15) is 9.90 Å². The smallest absolute Gasteiger partial charge is 0.339 e. The quantitative estimate of drug-likeness (QED) is 0.746. The van der Waals surface area contributed by atoms with Crippen LogP contribution in [-0.4, -0.2) is 31.2 Å². The topological polar surface area (TPSA) is 112 Å². The van der Waals surface area contributed by atoms with E-state index in [0.29, 0.717) is 27.7 Å². The molecule has 0 saturated heterocycles. The number of benzene rings is 2. The van der Waals surface area contributed by atoms with Crippen molar-refractivity contribution in [2.45, 2.75) is 0 Å². The molecule has 0 aliphatic rings. The Morgan fingerprint density at radius 1 is 1.32 bits per heavy atom. The largest absolute Gasteiger partial charge is 0.507 e. The number of nitriles is 1. The van der Waals surface area contributed by atoms with Crippen LogP contribution in [0.4, 0.5) is 0 Å². The van der Waals surface area contributed by atoms with Crippen LogP contribution < -0.4 is 0 Å². The van der Waals surface area contributed by atoms with Gasteiger partial charge in [0.05, 0.1) is 17.1 Å². The van der Waals surface area contributed by atoms with Crippen molar-refractivity contribution < 1.29 is 15.0 Å². The number of rotatable bonds is 2. The lowest BCUT2D eigenvalue weighted by molar-refractivity contribution is 0.0694. The van der Waals surface area contributed by atoms with E-state index in [1.54, 1.807) is 29.9 Å². The van der Waals surface area contributed by atoms with E-state index in [-0.39, 0.29) is 11.3 Å². The van der Waals surface area contributed by atoms with Crippen molar-refractivity contribution in [3.8, 4) is 22.9 Å². The molecule has 2 N–H and O–H groups in total. The van der Waals surface area contributed by atoms with Crippen LogP contribution in [0.3, 0.4) is 0 Å². The summed E-state index contributed by atoms with van der Waals surface area (Å²) in [7, 11) is 1.72. The van der Waals surface area contributed by atoms with E-state index in [1.165, 1.54) is 12.1 Å². The van der Waals surface area contributed by atoms with Crippen molar-refractivity contribution in [3.05, 3.63) is 41.5 Å². The van der Waals surface area contributed by atoms with Gasteiger partial charge in [0.15, 0.2) is 0 Å². The van der Waals surface area contributed by atoms with Crippen LogP contribution in [0, 0.1) is 11.3 Å². The van der Waals surface area contributed by atoms with Crippen LogP contribution in [0.2, 0.25) is 0 Å². The Labute approximate surface area is 124 Å². The molecule has 0 radical (unpaired) electrons. The number of hydrogen-bond donors (Lipinski definition) is 2. The number of carboxylic acid groups (broad SMARTS) is 1. The normalized spacial score (nSPS) is 10.5. The van der Waals surface area contributed by atoms with Crippen molar-refractivity contribution in [3.63, 3.8) is 0 Å². The molecule has 0 bridgehead atoms. The van der Waals surface area contributed by atoms with E-state index < -0.39 is 5.97 Å². The van der Waals surface area contributed by atoms with E-state index >= 15 is 0 Å². The lowest BCUT2D eigenvalue weighted by Crippen LogP contribution is -1.97. The summed E-state index contributed by atoms with van der Waals surface area (Å²) in [5, 5.41) is 35.8. The fourth-order valence-electron chi connectivity index (χ4n) is 2.36. The van der Waals surface area contributed by atoms with Crippen molar-refractivity contribution >= 4 is 17.0 Å². The minimum atomic E-state index is -1.21. The number of carbonyl (C=O) groups is 1. The first-order valence-corrected chi connectivity index (χ1v) is 6.31. The predicted molar refractivity (Wildman–Crippen MR) is 77.3 cm³/mol. The maximum absolute atomic E-state index is 11.0. The van der Waals surface area contributed by atoms with Gasteiger partial charge < -0.3 is 10.2 Å². The molecule has 0 spiro atoms. The van der Waals surface area contributed by atoms with Crippen molar-refractivity contribution in [2.75, 3.05) is 0 Å². The van der Waals surface area contributed by atoms with Crippen molar-refractivity contribution in [1.29, 1.82) is 5.26 Å². The second-order valence-corrected chi connectivity index (χ2v) is 4.75. The average Bonchev–Trinajstić information content (AvgIpc) is 2.87. The summed E-state index contributed by atoms with van der Waals surface area (Å²) in [6.45, 7) is 0. The number of nitrogens with zero attached hydrogens (tertiary/aromatic N) is 4. The number of fused-ring (bicyclic) bond motifs is 1. The maximum atomic E-state index is 11.0. The van der Waals surface area contributed by atoms with Gasteiger partial charge in [0, 0.05) is 12.6 Å². The first kappa shape index (κ1) is 13.6. The Hall–Kier alpha value is -3.40. The molecule has 2 aromatic carbocycles. The highest BCUT2D eigenvalue weighted by molar-refractivity contribution is 5.96. The summed E-state index contributed by atoms with van der Waals surface area (Å²) in [5.41, 5.74) is 2.70. The first-order chi connectivity index (χ1) is 10.5. The second-order valence-electron chi connectivity index (χ2n) is 4.75. The zero-order chi connectivity index (χ0) is 15.9. The highest BCUT2D eigenvalue weighted by Crippen LogP contribution is 2.32. The third-order valence-corrected chi connectivity index (χ3v) is 3.37. The van der Waals surface area contributed by atoms with Gasteiger partial charge in [0.2, 0.25) is 0 Å². The molecule has 0 aliphatic heterocycles. The van der Waals surface area contributed by atoms with Gasteiger partial charge in [-0.2, -0.15) is 5.26 Å². The molecular formula is C15H10N4O3. The lowest BCUT2D eigenvalue weighted by Gasteiger charge is -2.07. The number of carboxylic acids is 1. The fourth-order valence-corrected chi connectivity index (χ4v) is 2.36. The highest BCUT2D eigenvalue weighted by atomic mass is 16.4. The molecule has 108 valence electrons. The Morgan fingerprint density at radius 3 is 2.73 bits per heavy atom. The summed E-state index contributed by atoms with van der Waals surface area (Å²) in [4.78, 5) is 11.0. The van der Waals surface area contributed by atoms with Crippen LogP contribution in [0.25, 0.3) is 22.2 Å². The zero-order valence-corrected chi connectivity index (χ0v) is 11.5. The van der Waals surface area contributed by atoms with Gasteiger partial charge in [-0.3, -0.25) is 0 Å². The number of phenols is 1. The summed E-state index contributed by atoms with van der Waals surface area (Å²) in [5.74, 6) is -1.54. The molecule has 0 amide bonds. The first-order valence-electron chi connectivity index (χ1n) is 6.31. The van der Waals surface area contributed by atoms with Crippen LogP contribution in [-0.2, 0) is 7.05 Å². The third-order valence-electron chi connectivity index (χ3n) is 3.37. The van der Waals surface area contributed by atoms with Crippen molar-refractivity contribution in [2.24, 2.45) is 7.05 Å². The molecule has 7 nitrogen and oxygen atoms in total. The van der Waals surface area contributed by atoms with Crippen LogP contribution in [0.1, 0.15) is 15.9 Å². The summed E-state index contributed by atoms with van der Waals surface area (Å²) in [6, 6.07) is 9.58. The highest BCUT2D eigenvalue weighted by Gasteiger charge is 2.15. The van der Waals surface area contributed by atoms with E-state index in [0.717, 1.165) is 0 Å². The molecule has 0 aliphatic carbocycles. The molecule has 0 atom stereocenters.